The Kier molecular flexibility index (Phi) is 5.07. The van der Waals surface area contributed by atoms with Crippen molar-refractivity contribution in [1.82, 2.24) is 4.90 Å². The molecule has 1 aliphatic rings. The van der Waals surface area contributed by atoms with Crippen molar-refractivity contribution in [3.05, 3.63) is 23.8 Å². The van der Waals surface area contributed by atoms with Gasteiger partial charge in [-0.25, -0.2) is 0 Å². The lowest BCUT2D eigenvalue weighted by Gasteiger charge is -2.35. The van der Waals surface area contributed by atoms with Crippen LogP contribution in [0.2, 0.25) is 0 Å². The van der Waals surface area contributed by atoms with Gasteiger partial charge in [0.05, 0.1) is 12.8 Å². The molecule has 0 aromatic heterocycles. The summed E-state index contributed by atoms with van der Waals surface area (Å²) < 4.78 is 5.36. The van der Waals surface area contributed by atoms with Gasteiger partial charge in [0, 0.05) is 30.7 Å². The van der Waals surface area contributed by atoms with Crippen LogP contribution in [-0.4, -0.2) is 43.1 Å². The van der Waals surface area contributed by atoms with Gasteiger partial charge in [0.1, 0.15) is 5.75 Å². The van der Waals surface area contributed by atoms with E-state index in [0.29, 0.717) is 17.6 Å². The lowest BCUT2D eigenvalue weighted by molar-refractivity contribution is 0.100. The fourth-order valence-corrected chi connectivity index (χ4v) is 2.75. The number of primary amides is 1. The van der Waals surface area contributed by atoms with Crippen LogP contribution in [0.4, 0.5) is 5.69 Å². The zero-order chi connectivity index (χ0) is 15.4. The minimum absolute atomic E-state index is 0.400. The van der Waals surface area contributed by atoms with Crippen LogP contribution in [0.5, 0.6) is 5.75 Å². The molecule has 1 aliphatic heterocycles. The van der Waals surface area contributed by atoms with E-state index in [2.05, 4.69) is 24.1 Å². The van der Waals surface area contributed by atoms with Gasteiger partial charge in [-0.15, -0.1) is 0 Å². The monoisotopic (exact) mass is 291 g/mol. The Balaban J connectivity index is 2.05. The molecule has 0 spiro atoms. The molecule has 1 saturated heterocycles. The van der Waals surface area contributed by atoms with Crippen molar-refractivity contribution < 1.29 is 9.53 Å². The number of methoxy groups -OCH3 is 1. The summed E-state index contributed by atoms with van der Waals surface area (Å²) in [7, 11) is 1.63. The van der Waals surface area contributed by atoms with Crippen molar-refractivity contribution in [3.63, 3.8) is 0 Å². The molecular formula is C16H25N3O2. The quantitative estimate of drug-likeness (QED) is 0.871. The number of anilines is 1. The summed E-state index contributed by atoms with van der Waals surface area (Å²) in [6.45, 7) is 6.64. The number of carbonyl (C=O) groups excluding carboxylic acids is 1. The number of hydrogen-bond acceptors (Lipinski definition) is 4. The predicted molar refractivity (Wildman–Crippen MR) is 84.9 cm³/mol. The standard InChI is InChI=1S/C16H25N3O2/c1-11(2)19-8-6-13(7-9-19)18-14-10-12(16(17)20)4-5-15(14)21-3/h4-5,10-11,13,18H,6-9H2,1-3H3,(H2,17,20). The molecule has 1 aromatic carbocycles. The van der Waals surface area contributed by atoms with Crippen molar-refractivity contribution in [2.75, 3.05) is 25.5 Å². The van der Waals surface area contributed by atoms with Crippen LogP contribution in [0.1, 0.15) is 37.0 Å². The molecular weight excluding hydrogens is 266 g/mol. The van der Waals surface area contributed by atoms with Gasteiger partial charge < -0.3 is 20.7 Å². The fourth-order valence-electron chi connectivity index (χ4n) is 2.75. The third-order valence-corrected chi connectivity index (χ3v) is 4.10. The number of nitrogens with one attached hydrogen (secondary N) is 1. The number of amides is 1. The van der Waals surface area contributed by atoms with E-state index >= 15 is 0 Å². The smallest absolute Gasteiger partial charge is 0.248 e. The number of ether oxygens (including phenoxy) is 1. The largest absolute Gasteiger partial charge is 0.495 e. The number of hydrogen-bond donors (Lipinski definition) is 2. The molecule has 0 unspecified atom stereocenters. The summed E-state index contributed by atoms with van der Waals surface area (Å²) in [5.74, 6) is 0.321. The minimum Gasteiger partial charge on any atom is -0.495 e. The van der Waals surface area contributed by atoms with Crippen LogP contribution in [0.3, 0.4) is 0 Å². The SMILES string of the molecule is COc1ccc(C(N)=O)cc1NC1CCN(C(C)C)CC1. The zero-order valence-electron chi connectivity index (χ0n) is 13.1. The average Bonchev–Trinajstić information content (AvgIpc) is 2.47. The minimum atomic E-state index is -0.421. The Morgan fingerprint density at radius 2 is 2.05 bits per heavy atom. The highest BCUT2D eigenvalue weighted by Gasteiger charge is 2.21. The van der Waals surface area contributed by atoms with Crippen LogP contribution in [0.15, 0.2) is 18.2 Å². The first kappa shape index (κ1) is 15.6. The maximum absolute atomic E-state index is 11.3. The van der Waals surface area contributed by atoms with Crippen molar-refractivity contribution in [3.8, 4) is 5.75 Å². The number of benzene rings is 1. The molecule has 21 heavy (non-hydrogen) atoms. The highest BCUT2D eigenvalue weighted by atomic mass is 16.5. The Hall–Kier alpha value is -1.75. The first-order valence-corrected chi connectivity index (χ1v) is 7.49. The van der Waals surface area contributed by atoms with Gasteiger partial charge in [0.15, 0.2) is 0 Å². The maximum atomic E-state index is 11.3. The van der Waals surface area contributed by atoms with E-state index < -0.39 is 5.91 Å². The van der Waals surface area contributed by atoms with E-state index in [1.165, 1.54) is 0 Å². The number of nitrogens with zero attached hydrogens (tertiary/aromatic N) is 1. The van der Waals surface area contributed by atoms with Crippen molar-refractivity contribution in [1.29, 1.82) is 0 Å². The summed E-state index contributed by atoms with van der Waals surface area (Å²) in [6, 6.07) is 6.24. The molecule has 0 atom stereocenters. The molecule has 1 aromatic rings. The van der Waals surface area contributed by atoms with Crippen LogP contribution in [0.25, 0.3) is 0 Å². The molecule has 116 valence electrons. The van der Waals surface area contributed by atoms with E-state index in [4.69, 9.17) is 10.5 Å². The third kappa shape index (κ3) is 3.88. The Morgan fingerprint density at radius 3 is 2.57 bits per heavy atom. The normalized spacial score (nSPS) is 17.0. The van der Waals surface area contributed by atoms with Crippen LogP contribution < -0.4 is 15.8 Å². The van der Waals surface area contributed by atoms with Gasteiger partial charge in [-0.3, -0.25) is 4.79 Å². The first-order chi connectivity index (χ1) is 10.0. The number of carbonyl (C=O) groups is 1. The molecule has 3 N–H and O–H groups in total. The lowest BCUT2D eigenvalue weighted by atomic mass is 10.0. The molecule has 1 amide bonds. The molecule has 2 rings (SSSR count). The number of likely N-dealkylation sites (tertiary alicyclic amines) is 1. The second-order valence-electron chi connectivity index (χ2n) is 5.83. The van der Waals surface area contributed by atoms with Gasteiger partial charge in [0.2, 0.25) is 5.91 Å². The average molecular weight is 291 g/mol. The van der Waals surface area contributed by atoms with Crippen molar-refractivity contribution in [2.24, 2.45) is 5.73 Å². The summed E-state index contributed by atoms with van der Waals surface area (Å²) in [6.07, 6.45) is 2.17. The van der Waals surface area contributed by atoms with Crippen LogP contribution >= 0.6 is 0 Å². The van der Waals surface area contributed by atoms with Gasteiger partial charge in [-0.2, -0.15) is 0 Å². The molecule has 1 heterocycles. The topological polar surface area (TPSA) is 67.6 Å². The van der Waals surface area contributed by atoms with Gasteiger partial charge in [-0.1, -0.05) is 0 Å². The fraction of sp³-hybridized carbons (Fsp3) is 0.562. The Labute approximate surface area is 126 Å². The summed E-state index contributed by atoms with van der Waals surface area (Å²) in [4.78, 5) is 13.8. The van der Waals surface area contributed by atoms with E-state index in [1.807, 2.05) is 0 Å². The van der Waals surface area contributed by atoms with E-state index in [1.54, 1.807) is 25.3 Å². The molecule has 0 aliphatic carbocycles. The number of piperidine rings is 1. The van der Waals surface area contributed by atoms with Crippen LogP contribution in [0, 0.1) is 0 Å². The summed E-state index contributed by atoms with van der Waals surface area (Å²) in [5, 5.41) is 3.50. The van der Waals surface area contributed by atoms with Gasteiger partial charge in [-0.05, 0) is 44.9 Å². The number of nitrogens with two attached hydrogens (primary N) is 1. The first-order valence-electron chi connectivity index (χ1n) is 7.49. The molecule has 0 bridgehead atoms. The highest BCUT2D eigenvalue weighted by Crippen LogP contribution is 2.28. The Bertz CT molecular complexity index is 494. The number of rotatable bonds is 5. The predicted octanol–water partition coefficient (Wildman–Crippen LogP) is 2.08. The van der Waals surface area contributed by atoms with Crippen molar-refractivity contribution in [2.45, 2.75) is 38.8 Å². The highest BCUT2D eigenvalue weighted by molar-refractivity contribution is 5.94. The van der Waals surface area contributed by atoms with E-state index in [-0.39, 0.29) is 0 Å². The molecule has 5 heteroatoms. The maximum Gasteiger partial charge on any atom is 0.248 e. The third-order valence-electron chi connectivity index (χ3n) is 4.10. The molecule has 0 saturated carbocycles. The Morgan fingerprint density at radius 1 is 1.38 bits per heavy atom. The van der Waals surface area contributed by atoms with E-state index in [9.17, 15) is 4.79 Å². The zero-order valence-corrected chi connectivity index (χ0v) is 13.1. The molecule has 5 nitrogen and oxygen atoms in total. The van der Waals surface area contributed by atoms with Crippen molar-refractivity contribution >= 4 is 11.6 Å². The second kappa shape index (κ2) is 6.80. The van der Waals surface area contributed by atoms with E-state index in [0.717, 1.165) is 37.4 Å². The van der Waals surface area contributed by atoms with Gasteiger partial charge >= 0.3 is 0 Å². The van der Waals surface area contributed by atoms with Gasteiger partial charge in [0.25, 0.3) is 0 Å². The molecule has 0 radical (unpaired) electrons. The summed E-state index contributed by atoms with van der Waals surface area (Å²) in [5.41, 5.74) is 6.69. The van der Waals surface area contributed by atoms with Crippen LogP contribution in [-0.2, 0) is 0 Å². The second-order valence-corrected chi connectivity index (χ2v) is 5.83. The summed E-state index contributed by atoms with van der Waals surface area (Å²) >= 11 is 0. The lowest BCUT2D eigenvalue weighted by Crippen LogP contribution is -2.42. The molecule has 1 fully saturated rings.